The number of rotatable bonds is 12. The van der Waals surface area contributed by atoms with Gasteiger partial charge in [0.15, 0.2) is 17.4 Å². The summed E-state index contributed by atoms with van der Waals surface area (Å²) in [5.41, 5.74) is 9.88. The van der Waals surface area contributed by atoms with Crippen LogP contribution in [0.15, 0.2) is 53.6 Å². The molecule has 250 valence electrons. The molecule has 1 aliphatic heterocycles. The second-order valence-electron chi connectivity index (χ2n) is 10.8. The van der Waals surface area contributed by atoms with Crippen LogP contribution in [0.5, 0.6) is 0 Å². The summed E-state index contributed by atoms with van der Waals surface area (Å²) in [6.45, 7) is -1.35. The quantitative estimate of drug-likeness (QED) is 0.0722. The lowest BCUT2D eigenvalue weighted by Gasteiger charge is -2.19. The van der Waals surface area contributed by atoms with E-state index in [0.29, 0.717) is 5.69 Å². The van der Waals surface area contributed by atoms with Gasteiger partial charge in [0.2, 0.25) is 11.9 Å². The van der Waals surface area contributed by atoms with E-state index in [2.05, 4.69) is 30.6 Å². The lowest BCUT2D eigenvalue weighted by atomic mass is 10.1. The molecule has 20 heteroatoms. The number of aliphatic hydroxyl groups excluding tert-OH is 2. The number of carbonyl (C=O) groups excluding carboxylic acids is 1. The Hall–Kier alpha value is -3.80. The van der Waals surface area contributed by atoms with Crippen molar-refractivity contribution < 1.29 is 52.0 Å². The number of hydrogen-bond donors (Lipinski definition) is 7. The molecule has 2 aliphatic rings. The zero-order valence-corrected chi connectivity index (χ0v) is 26.1. The number of nitrogens with zero attached hydrogens (tertiary/aromatic N) is 3. The number of phosphoric ester groups is 2. The van der Waals surface area contributed by atoms with Gasteiger partial charge in [0.1, 0.15) is 18.3 Å². The molecule has 18 nitrogen and oxygen atoms in total. The SMILES string of the molecule is Nc1nc2c(ncn2[C@@H]2O[C@H](COP(=O)(O)OP(=O)(O)OCCCC(=O)Nc3ccc4c(c3)Cc3ccccc3-4)[C@@H](O)[C@H]2O)c(=O)[nH]1. The summed E-state index contributed by atoms with van der Waals surface area (Å²) in [4.78, 5) is 54.5. The zero-order chi connectivity index (χ0) is 33.5. The van der Waals surface area contributed by atoms with Crippen molar-refractivity contribution in [2.24, 2.45) is 0 Å². The third kappa shape index (κ3) is 7.22. The van der Waals surface area contributed by atoms with Gasteiger partial charge in [-0.1, -0.05) is 30.3 Å². The second kappa shape index (κ2) is 13.0. The Bertz CT molecular complexity index is 1980. The Morgan fingerprint density at radius 2 is 1.83 bits per heavy atom. The molecule has 1 saturated heterocycles. The van der Waals surface area contributed by atoms with Crippen LogP contribution in [0.3, 0.4) is 0 Å². The molecule has 1 aliphatic carbocycles. The summed E-state index contributed by atoms with van der Waals surface area (Å²) in [5.74, 6) is -0.615. The van der Waals surface area contributed by atoms with Gasteiger partial charge in [0.05, 0.1) is 19.5 Å². The van der Waals surface area contributed by atoms with Crippen LogP contribution in [-0.2, 0) is 38.4 Å². The van der Waals surface area contributed by atoms with Crippen LogP contribution < -0.4 is 16.6 Å². The van der Waals surface area contributed by atoms with E-state index in [-0.39, 0.29) is 35.9 Å². The van der Waals surface area contributed by atoms with Gasteiger partial charge in [-0.25, -0.2) is 14.1 Å². The fraction of sp³-hybridized carbons (Fsp3) is 0.333. The van der Waals surface area contributed by atoms with Crippen molar-refractivity contribution in [1.29, 1.82) is 0 Å². The number of anilines is 2. The number of ether oxygens (including phenoxy) is 1. The van der Waals surface area contributed by atoms with Gasteiger partial charge in [-0.15, -0.1) is 0 Å². The minimum atomic E-state index is -5.27. The van der Waals surface area contributed by atoms with E-state index in [9.17, 15) is 38.7 Å². The number of nitrogen functional groups attached to an aromatic ring is 1. The Kier molecular flexibility index (Phi) is 9.17. The van der Waals surface area contributed by atoms with Crippen molar-refractivity contribution in [3.05, 3.63) is 70.3 Å². The minimum Gasteiger partial charge on any atom is -0.387 e. The van der Waals surface area contributed by atoms with E-state index < -0.39 is 59.0 Å². The van der Waals surface area contributed by atoms with Gasteiger partial charge < -0.3 is 35.8 Å². The molecule has 2 unspecified atom stereocenters. The molecule has 2 aromatic heterocycles. The van der Waals surface area contributed by atoms with Crippen molar-refractivity contribution in [3.8, 4) is 11.1 Å². The van der Waals surface area contributed by atoms with Crippen LogP contribution in [0.4, 0.5) is 11.6 Å². The van der Waals surface area contributed by atoms with Crippen molar-refractivity contribution in [2.75, 3.05) is 24.3 Å². The molecule has 4 aromatic rings. The Morgan fingerprint density at radius 1 is 1.09 bits per heavy atom. The Balaban J connectivity index is 0.953. The van der Waals surface area contributed by atoms with Gasteiger partial charge in [-0.3, -0.25) is 28.2 Å². The van der Waals surface area contributed by atoms with Crippen LogP contribution >= 0.6 is 15.6 Å². The summed E-state index contributed by atoms with van der Waals surface area (Å²) < 4.78 is 45.1. The number of aromatic nitrogens is 4. The van der Waals surface area contributed by atoms with Crippen LogP contribution in [-0.4, -0.2) is 77.0 Å². The van der Waals surface area contributed by atoms with Gasteiger partial charge in [-0.2, -0.15) is 9.29 Å². The molecule has 0 spiro atoms. The highest BCUT2D eigenvalue weighted by Gasteiger charge is 2.46. The first-order valence-corrected chi connectivity index (χ1v) is 17.2. The highest BCUT2D eigenvalue weighted by molar-refractivity contribution is 7.61. The van der Waals surface area contributed by atoms with E-state index in [0.717, 1.165) is 34.0 Å². The number of benzene rings is 2. The molecule has 1 fully saturated rings. The predicted octanol–water partition coefficient (Wildman–Crippen LogP) is 1.56. The maximum Gasteiger partial charge on any atom is 0.481 e. The van der Waals surface area contributed by atoms with E-state index in [4.69, 9.17) is 19.5 Å². The summed E-state index contributed by atoms with van der Waals surface area (Å²) in [6.07, 6.45) is -4.35. The molecular weight excluding hydrogens is 662 g/mol. The number of phosphoric acid groups is 2. The topological polar surface area (TPSA) is 271 Å². The summed E-state index contributed by atoms with van der Waals surface area (Å²) >= 11 is 0. The van der Waals surface area contributed by atoms with E-state index in [1.165, 1.54) is 5.56 Å². The number of imidazole rings is 1. The molecular formula is C27H30N6O12P2. The third-order valence-corrected chi connectivity index (χ3v) is 10.2. The number of carbonyl (C=O) groups is 1. The number of hydrogen-bond acceptors (Lipinski definition) is 13. The first kappa shape index (κ1) is 33.1. The van der Waals surface area contributed by atoms with Gasteiger partial charge >= 0.3 is 15.6 Å². The van der Waals surface area contributed by atoms with E-state index in [1.54, 1.807) is 6.07 Å². The number of nitrogens with two attached hydrogens (primary N) is 1. The lowest BCUT2D eigenvalue weighted by Crippen LogP contribution is -2.33. The largest absolute Gasteiger partial charge is 0.481 e. The first-order chi connectivity index (χ1) is 22.3. The highest BCUT2D eigenvalue weighted by Crippen LogP contribution is 2.60. The number of nitrogens with one attached hydrogen (secondary N) is 2. The second-order valence-corrected chi connectivity index (χ2v) is 13.9. The molecule has 0 bridgehead atoms. The first-order valence-electron chi connectivity index (χ1n) is 14.2. The number of aliphatic hydroxyl groups is 2. The average molecular weight is 693 g/mol. The molecule has 6 atom stereocenters. The van der Waals surface area contributed by atoms with Crippen LogP contribution in [0.25, 0.3) is 22.3 Å². The van der Waals surface area contributed by atoms with Crippen molar-refractivity contribution in [3.63, 3.8) is 0 Å². The summed E-state index contributed by atoms with van der Waals surface area (Å²) in [6, 6.07) is 13.7. The average Bonchev–Trinajstić information content (AvgIpc) is 3.67. The lowest BCUT2D eigenvalue weighted by molar-refractivity contribution is -0.116. The standard InChI is InChI=1S/C27H30N6O12P2/c28-27-31-24-21(25(37)32-27)29-13-33(24)26-23(36)22(35)19(44-26)12-43-47(40,41)45-46(38,39)42-9-3-6-20(34)30-16-7-8-18-15(11-16)10-14-4-1-2-5-17(14)18/h1-2,4-5,7-8,11,13,19,22-23,26,35-36H,3,6,9-10,12H2,(H,30,34)(H,38,39)(H,40,41)(H3,28,31,32,37)/t19-,22-,23-,26-/m1/s1. The Labute approximate surface area is 265 Å². The summed E-state index contributed by atoms with van der Waals surface area (Å²) in [5, 5.41) is 23.7. The van der Waals surface area contributed by atoms with Crippen LogP contribution in [0, 0.1) is 0 Å². The third-order valence-electron chi connectivity index (χ3n) is 7.55. The molecule has 1 amide bonds. The Morgan fingerprint density at radius 3 is 2.64 bits per heavy atom. The van der Waals surface area contributed by atoms with Crippen molar-refractivity contribution >= 4 is 44.4 Å². The maximum atomic E-state index is 12.4. The van der Waals surface area contributed by atoms with Crippen molar-refractivity contribution in [2.45, 2.75) is 43.8 Å². The van der Waals surface area contributed by atoms with Gasteiger partial charge in [-0.05, 0) is 47.2 Å². The van der Waals surface area contributed by atoms with E-state index in [1.807, 2.05) is 30.3 Å². The maximum absolute atomic E-state index is 12.4. The smallest absolute Gasteiger partial charge is 0.387 e. The summed E-state index contributed by atoms with van der Waals surface area (Å²) in [7, 11) is -10.4. The monoisotopic (exact) mass is 692 g/mol. The molecule has 6 rings (SSSR count). The minimum absolute atomic E-state index is 0.0244. The fourth-order valence-electron chi connectivity index (χ4n) is 5.43. The zero-order valence-electron chi connectivity index (χ0n) is 24.3. The number of amides is 1. The molecule has 0 saturated carbocycles. The molecule has 47 heavy (non-hydrogen) atoms. The van der Waals surface area contributed by atoms with E-state index >= 15 is 0 Å². The normalized spacial score (nSPS) is 22.8. The van der Waals surface area contributed by atoms with Crippen LogP contribution in [0.1, 0.15) is 30.2 Å². The highest BCUT2D eigenvalue weighted by atomic mass is 31.3. The molecule has 3 heterocycles. The van der Waals surface area contributed by atoms with Gasteiger partial charge in [0, 0.05) is 12.1 Å². The number of fused-ring (bicyclic) bond motifs is 4. The molecule has 8 N–H and O–H groups in total. The molecule has 0 radical (unpaired) electrons. The fourth-order valence-corrected chi connectivity index (χ4v) is 7.55. The number of aromatic amines is 1. The van der Waals surface area contributed by atoms with Gasteiger partial charge in [0.25, 0.3) is 5.56 Å². The van der Waals surface area contributed by atoms with Crippen LogP contribution in [0.2, 0.25) is 0 Å². The molecule has 2 aromatic carbocycles. The number of H-pyrrole nitrogens is 1. The van der Waals surface area contributed by atoms with Crippen molar-refractivity contribution in [1.82, 2.24) is 19.5 Å². The predicted molar refractivity (Wildman–Crippen MR) is 164 cm³/mol.